The number of hydrogen-bond acceptors (Lipinski definition) is 3. The van der Waals surface area contributed by atoms with Gasteiger partial charge in [0.1, 0.15) is 11.6 Å². The second-order valence-electron chi connectivity index (χ2n) is 4.45. The number of nitrogens with two attached hydrogens (primary N) is 1. The minimum Gasteiger partial charge on any atom is -0.493 e. The predicted octanol–water partition coefficient (Wildman–Crippen LogP) is 3.45. The van der Waals surface area contributed by atoms with E-state index in [-0.39, 0.29) is 5.84 Å². The molecule has 104 valence electrons. The Balaban J connectivity index is 1.75. The van der Waals surface area contributed by atoms with Crippen LogP contribution in [0, 0.1) is 12.3 Å². The molecule has 0 aromatic heterocycles. The molecule has 0 atom stereocenters. The average molecular weight is 286 g/mol. The highest BCUT2D eigenvalue weighted by Crippen LogP contribution is 2.19. The fraction of sp³-hybridized carbons (Fsp3) is 0.188. The quantitative estimate of drug-likeness (QED) is 0.370. The zero-order valence-corrected chi connectivity index (χ0v) is 12.2. The standard InChI is InChI=1S/C16H18N2OS/c1-12-2-8-15(9-3-12)20-11-10-19-14-6-4-13(5-7-14)16(17)18/h2-9H,10-11H2,1H3,(H3,17,18). The van der Waals surface area contributed by atoms with Gasteiger partial charge in [-0.1, -0.05) is 17.7 Å². The zero-order valence-electron chi connectivity index (χ0n) is 11.4. The van der Waals surface area contributed by atoms with E-state index in [1.54, 1.807) is 23.9 Å². The molecule has 0 aliphatic carbocycles. The van der Waals surface area contributed by atoms with Gasteiger partial charge in [0.25, 0.3) is 0 Å². The fourth-order valence-electron chi connectivity index (χ4n) is 1.68. The Labute approximate surface area is 123 Å². The molecule has 0 saturated heterocycles. The number of thioether (sulfide) groups is 1. The van der Waals surface area contributed by atoms with Crippen LogP contribution in [0.1, 0.15) is 11.1 Å². The third-order valence-electron chi connectivity index (χ3n) is 2.81. The smallest absolute Gasteiger partial charge is 0.122 e. The van der Waals surface area contributed by atoms with E-state index in [0.717, 1.165) is 11.5 Å². The van der Waals surface area contributed by atoms with Gasteiger partial charge in [0.05, 0.1) is 6.61 Å². The SMILES string of the molecule is Cc1ccc(SCCOc2ccc(C(=N)N)cc2)cc1. The van der Waals surface area contributed by atoms with E-state index in [4.69, 9.17) is 15.9 Å². The Morgan fingerprint density at radius 1 is 1.10 bits per heavy atom. The van der Waals surface area contributed by atoms with Gasteiger partial charge in [0, 0.05) is 16.2 Å². The van der Waals surface area contributed by atoms with Gasteiger partial charge in [0.2, 0.25) is 0 Å². The lowest BCUT2D eigenvalue weighted by Gasteiger charge is -2.07. The molecule has 0 saturated carbocycles. The van der Waals surface area contributed by atoms with Gasteiger partial charge < -0.3 is 10.5 Å². The number of aryl methyl sites for hydroxylation is 1. The number of nitrogens with one attached hydrogen (secondary N) is 1. The van der Waals surface area contributed by atoms with Crippen molar-refractivity contribution < 1.29 is 4.74 Å². The van der Waals surface area contributed by atoms with Crippen molar-refractivity contribution in [3.05, 3.63) is 59.7 Å². The lowest BCUT2D eigenvalue weighted by atomic mass is 10.2. The highest BCUT2D eigenvalue weighted by Gasteiger charge is 1.98. The molecule has 2 rings (SSSR count). The maximum atomic E-state index is 7.32. The van der Waals surface area contributed by atoms with Crippen molar-refractivity contribution in [2.75, 3.05) is 12.4 Å². The van der Waals surface area contributed by atoms with Crippen molar-refractivity contribution >= 4 is 17.6 Å². The summed E-state index contributed by atoms with van der Waals surface area (Å²) in [6.45, 7) is 2.74. The molecule has 0 unspecified atom stereocenters. The Kier molecular flexibility index (Phi) is 5.07. The minimum absolute atomic E-state index is 0.0754. The third kappa shape index (κ3) is 4.31. The summed E-state index contributed by atoms with van der Waals surface area (Å²) in [4.78, 5) is 1.26. The summed E-state index contributed by atoms with van der Waals surface area (Å²) in [5, 5.41) is 7.32. The van der Waals surface area contributed by atoms with Crippen molar-refractivity contribution in [1.82, 2.24) is 0 Å². The number of rotatable bonds is 6. The number of benzene rings is 2. The Morgan fingerprint density at radius 2 is 1.75 bits per heavy atom. The van der Waals surface area contributed by atoms with Crippen LogP contribution in [-0.2, 0) is 0 Å². The summed E-state index contributed by atoms with van der Waals surface area (Å²) in [6, 6.07) is 15.8. The largest absolute Gasteiger partial charge is 0.493 e. The van der Waals surface area contributed by atoms with Crippen molar-refractivity contribution in [2.45, 2.75) is 11.8 Å². The van der Waals surface area contributed by atoms with Crippen LogP contribution in [0.3, 0.4) is 0 Å². The highest BCUT2D eigenvalue weighted by molar-refractivity contribution is 7.99. The van der Waals surface area contributed by atoms with Crippen molar-refractivity contribution in [1.29, 1.82) is 5.41 Å². The first kappa shape index (κ1) is 14.5. The van der Waals surface area contributed by atoms with Crippen LogP contribution in [0.2, 0.25) is 0 Å². The van der Waals surface area contributed by atoms with Gasteiger partial charge in [-0.25, -0.2) is 0 Å². The summed E-state index contributed by atoms with van der Waals surface area (Å²) in [5.41, 5.74) is 7.39. The normalized spacial score (nSPS) is 10.2. The van der Waals surface area contributed by atoms with E-state index in [1.807, 2.05) is 12.1 Å². The maximum absolute atomic E-state index is 7.32. The Bertz CT molecular complexity index is 564. The van der Waals surface area contributed by atoms with E-state index in [0.29, 0.717) is 12.2 Å². The number of nitrogen functional groups attached to an aromatic ring is 1. The average Bonchev–Trinajstić information content (AvgIpc) is 2.46. The van der Waals surface area contributed by atoms with Crippen LogP contribution >= 0.6 is 11.8 Å². The molecule has 0 spiro atoms. The zero-order chi connectivity index (χ0) is 14.4. The molecule has 20 heavy (non-hydrogen) atoms. The van der Waals surface area contributed by atoms with Gasteiger partial charge in [-0.3, -0.25) is 5.41 Å². The van der Waals surface area contributed by atoms with Crippen LogP contribution in [-0.4, -0.2) is 18.2 Å². The minimum atomic E-state index is 0.0754. The van der Waals surface area contributed by atoms with E-state index >= 15 is 0 Å². The maximum Gasteiger partial charge on any atom is 0.122 e. The first-order chi connectivity index (χ1) is 9.65. The Hall–Kier alpha value is -1.94. The topological polar surface area (TPSA) is 59.1 Å². The first-order valence-corrected chi connectivity index (χ1v) is 7.40. The summed E-state index contributed by atoms with van der Waals surface area (Å²) in [7, 11) is 0. The number of hydrogen-bond donors (Lipinski definition) is 2. The summed E-state index contributed by atoms with van der Waals surface area (Å²) < 4.78 is 5.65. The van der Waals surface area contributed by atoms with Crippen molar-refractivity contribution in [2.24, 2.45) is 5.73 Å². The lowest BCUT2D eigenvalue weighted by molar-refractivity contribution is 0.344. The van der Waals surface area contributed by atoms with Gasteiger partial charge in [-0.05, 0) is 43.3 Å². The molecular weight excluding hydrogens is 268 g/mol. The molecule has 2 aromatic rings. The van der Waals surface area contributed by atoms with Gasteiger partial charge in [-0.2, -0.15) is 0 Å². The Morgan fingerprint density at radius 3 is 2.35 bits per heavy atom. The molecule has 2 aromatic carbocycles. The van der Waals surface area contributed by atoms with Crippen molar-refractivity contribution in [3.63, 3.8) is 0 Å². The summed E-state index contributed by atoms with van der Waals surface area (Å²) in [5.74, 6) is 1.78. The van der Waals surface area contributed by atoms with Crippen LogP contribution in [0.15, 0.2) is 53.4 Å². The number of ether oxygens (including phenoxy) is 1. The van der Waals surface area contributed by atoms with E-state index in [2.05, 4.69) is 31.2 Å². The van der Waals surface area contributed by atoms with E-state index in [1.165, 1.54) is 10.5 Å². The molecule has 0 bridgehead atoms. The summed E-state index contributed by atoms with van der Waals surface area (Å²) >= 11 is 1.78. The third-order valence-corrected chi connectivity index (χ3v) is 3.78. The van der Waals surface area contributed by atoms with Crippen LogP contribution in [0.25, 0.3) is 0 Å². The molecule has 4 heteroatoms. The molecule has 3 N–H and O–H groups in total. The monoisotopic (exact) mass is 286 g/mol. The molecule has 0 amide bonds. The van der Waals surface area contributed by atoms with Crippen LogP contribution < -0.4 is 10.5 Å². The second kappa shape index (κ2) is 7.01. The molecule has 0 aliphatic rings. The van der Waals surface area contributed by atoms with Gasteiger partial charge >= 0.3 is 0 Å². The number of amidine groups is 1. The van der Waals surface area contributed by atoms with Crippen LogP contribution in [0.5, 0.6) is 5.75 Å². The molecule has 0 fully saturated rings. The molecule has 0 aliphatic heterocycles. The highest BCUT2D eigenvalue weighted by atomic mass is 32.2. The van der Waals surface area contributed by atoms with Crippen molar-refractivity contribution in [3.8, 4) is 5.75 Å². The second-order valence-corrected chi connectivity index (χ2v) is 5.62. The van der Waals surface area contributed by atoms with E-state index in [9.17, 15) is 0 Å². The first-order valence-electron chi connectivity index (χ1n) is 6.42. The fourth-order valence-corrected chi connectivity index (χ4v) is 2.42. The van der Waals surface area contributed by atoms with Gasteiger partial charge in [-0.15, -0.1) is 11.8 Å². The molecule has 3 nitrogen and oxygen atoms in total. The van der Waals surface area contributed by atoms with Crippen LogP contribution in [0.4, 0.5) is 0 Å². The molecule has 0 radical (unpaired) electrons. The predicted molar refractivity (Wildman–Crippen MR) is 84.9 cm³/mol. The molecule has 0 heterocycles. The van der Waals surface area contributed by atoms with Gasteiger partial charge in [0.15, 0.2) is 0 Å². The lowest BCUT2D eigenvalue weighted by Crippen LogP contribution is -2.10. The van der Waals surface area contributed by atoms with E-state index < -0.39 is 0 Å². The molecular formula is C16H18N2OS. The summed E-state index contributed by atoms with van der Waals surface area (Å²) in [6.07, 6.45) is 0.